The molecule has 6 nitrogen and oxygen atoms in total. The van der Waals surface area contributed by atoms with Crippen molar-refractivity contribution in [2.24, 2.45) is 0 Å². The highest BCUT2D eigenvalue weighted by Crippen LogP contribution is 2.35. The summed E-state index contributed by atoms with van der Waals surface area (Å²) in [5.41, 5.74) is 0.690. The number of hydrogen-bond donors (Lipinski definition) is 0. The quantitative estimate of drug-likeness (QED) is 0.587. The Kier molecular flexibility index (Phi) is 4.53. The normalized spacial score (nSPS) is 11.9. The third-order valence-corrected chi connectivity index (χ3v) is 3.81. The Morgan fingerprint density at radius 3 is 2.50 bits per heavy atom. The Hall–Kier alpha value is -1.54. The largest absolute Gasteiger partial charge is 0.460 e. The molecule has 0 bridgehead atoms. The molecular weight excluding hydrogens is 376 g/mol. The summed E-state index contributed by atoms with van der Waals surface area (Å²) >= 11 is 3.22. The second-order valence-corrected chi connectivity index (χ2v) is 7.48. The zero-order chi connectivity index (χ0) is 16.7. The Morgan fingerprint density at radius 1 is 1.32 bits per heavy atom. The van der Waals surface area contributed by atoms with Crippen molar-refractivity contribution in [3.05, 3.63) is 27.9 Å². The molecule has 1 aromatic heterocycles. The van der Waals surface area contributed by atoms with E-state index < -0.39 is 16.1 Å². The molecule has 1 aromatic carbocycles. The van der Waals surface area contributed by atoms with Crippen LogP contribution in [0, 0.1) is 6.92 Å². The number of rotatable bonds is 4. The van der Waals surface area contributed by atoms with Crippen LogP contribution in [-0.4, -0.2) is 26.7 Å². The zero-order valence-electron chi connectivity index (χ0n) is 12.5. The van der Waals surface area contributed by atoms with Gasteiger partial charge >= 0.3 is 16.1 Å². The van der Waals surface area contributed by atoms with Gasteiger partial charge in [-0.25, -0.2) is 4.79 Å². The number of esters is 1. The highest BCUT2D eigenvalue weighted by molar-refractivity contribution is 9.10. The van der Waals surface area contributed by atoms with E-state index in [0.29, 0.717) is 21.2 Å². The van der Waals surface area contributed by atoms with Crippen molar-refractivity contribution in [2.45, 2.75) is 26.9 Å². The molecule has 120 valence electrons. The minimum atomic E-state index is -3.69. The molecule has 0 aliphatic carbocycles. The van der Waals surface area contributed by atoms with Crippen molar-refractivity contribution < 1.29 is 26.5 Å². The molecule has 0 aliphatic rings. The van der Waals surface area contributed by atoms with E-state index in [-0.39, 0.29) is 17.4 Å². The fourth-order valence-corrected chi connectivity index (χ4v) is 2.95. The number of aryl methyl sites for hydroxylation is 1. The summed E-state index contributed by atoms with van der Waals surface area (Å²) in [6.07, 6.45) is 0.664. The van der Waals surface area contributed by atoms with E-state index in [0.717, 1.165) is 6.26 Å². The first kappa shape index (κ1) is 16.8. The monoisotopic (exact) mass is 390 g/mol. The minimum Gasteiger partial charge on any atom is -0.460 e. The molecule has 0 radical (unpaired) electrons. The SMILES string of the molecule is Cc1oc2cc(Br)c(OS(C)(=O)=O)cc2c1C(=O)OC(C)C. The van der Waals surface area contributed by atoms with Crippen molar-refractivity contribution in [1.82, 2.24) is 0 Å². The molecule has 0 spiro atoms. The first-order valence-electron chi connectivity index (χ1n) is 6.41. The molecule has 2 aromatic rings. The summed E-state index contributed by atoms with van der Waals surface area (Å²) in [7, 11) is -3.69. The molecule has 0 amide bonds. The third kappa shape index (κ3) is 3.61. The maximum Gasteiger partial charge on any atom is 0.342 e. The molecule has 2 rings (SSSR count). The Morgan fingerprint density at radius 2 is 1.95 bits per heavy atom. The van der Waals surface area contributed by atoms with Gasteiger partial charge in [-0.3, -0.25) is 0 Å². The van der Waals surface area contributed by atoms with E-state index in [1.165, 1.54) is 6.07 Å². The molecular formula is C14H15BrO6S. The van der Waals surface area contributed by atoms with Crippen molar-refractivity contribution in [3.63, 3.8) is 0 Å². The first-order valence-corrected chi connectivity index (χ1v) is 9.02. The lowest BCUT2D eigenvalue weighted by molar-refractivity contribution is 0.0378. The van der Waals surface area contributed by atoms with Gasteiger partial charge in [0.25, 0.3) is 0 Å². The second-order valence-electron chi connectivity index (χ2n) is 5.05. The van der Waals surface area contributed by atoms with Crippen molar-refractivity contribution in [2.75, 3.05) is 6.26 Å². The van der Waals surface area contributed by atoms with Crippen LogP contribution in [0.2, 0.25) is 0 Å². The summed E-state index contributed by atoms with van der Waals surface area (Å²) in [5.74, 6) is -0.0580. The zero-order valence-corrected chi connectivity index (χ0v) is 14.9. The number of fused-ring (bicyclic) bond motifs is 1. The number of hydrogen-bond acceptors (Lipinski definition) is 6. The molecule has 0 saturated heterocycles. The van der Waals surface area contributed by atoms with Gasteiger partial charge in [-0.05, 0) is 48.8 Å². The predicted molar refractivity (Wildman–Crippen MR) is 84.7 cm³/mol. The number of ether oxygens (including phenoxy) is 1. The predicted octanol–water partition coefficient (Wildman–Crippen LogP) is 3.41. The second kappa shape index (κ2) is 5.92. The number of carbonyl (C=O) groups is 1. The van der Waals surface area contributed by atoms with Gasteiger partial charge in [-0.15, -0.1) is 0 Å². The van der Waals surface area contributed by atoms with Gasteiger partial charge in [0.05, 0.1) is 16.8 Å². The lowest BCUT2D eigenvalue weighted by Gasteiger charge is -2.08. The molecule has 0 unspecified atom stereocenters. The fraction of sp³-hybridized carbons (Fsp3) is 0.357. The Balaban J connectivity index is 2.60. The lowest BCUT2D eigenvalue weighted by Crippen LogP contribution is -2.12. The molecule has 0 N–H and O–H groups in total. The van der Waals surface area contributed by atoms with Gasteiger partial charge in [0, 0.05) is 5.39 Å². The topological polar surface area (TPSA) is 82.8 Å². The van der Waals surface area contributed by atoms with Gasteiger partial charge in [0.2, 0.25) is 0 Å². The molecule has 22 heavy (non-hydrogen) atoms. The number of halogens is 1. The molecule has 8 heteroatoms. The lowest BCUT2D eigenvalue weighted by atomic mass is 10.1. The van der Waals surface area contributed by atoms with Gasteiger partial charge in [0.1, 0.15) is 16.9 Å². The van der Waals surface area contributed by atoms with Crippen LogP contribution in [0.4, 0.5) is 0 Å². The average molecular weight is 391 g/mol. The number of furan rings is 1. The summed E-state index contributed by atoms with van der Waals surface area (Å²) in [6.45, 7) is 5.12. The molecule has 1 heterocycles. The maximum absolute atomic E-state index is 12.2. The standard InChI is InChI=1S/C14H15BrO6S/c1-7(2)19-14(16)13-8(3)20-11-6-10(15)12(5-9(11)13)21-22(4,17)18/h5-7H,1-4H3. The molecule has 0 saturated carbocycles. The Labute approximate surface area is 136 Å². The van der Waals surface area contributed by atoms with Gasteiger partial charge in [-0.2, -0.15) is 8.42 Å². The van der Waals surface area contributed by atoms with Crippen molar-refractivity contribution in [1.29, 1.82) is 0 Å². The highest BCUT2D eigenvalue weighted by atomic mass is 79.9. The van der Waals surface area contributed by atoms with Gasteiger partial charge < -0.3 is 13.3 Å². The van der Waals surface area contributed by atoms with E-state index in [9.17, 15) is 13.2 Å². The summed E-state index contributed by atoms with van der Waals surface area (Å²) in [4.78, 5) is 12.2. The first-order chi connectivity index (χ1) is 10.1. The van der Waals surface area contributed by atoms with Crippen LogP contribution in [0.15, 0.2) is 21.0 Å². The van der Waals surface area contributed by atoms with E-state index >= 15 is 0 Å². The molecule has 0 atom stereocenters. The van der Waals surface area contributed by atoms with E-state index in [2.05, 4.69) is 15.9 Å². The van der Waals surface area contributed by atoms with E-state index in [1.807, 2.05) is 0 Å². The Bertz CT molecular complexity index is 835. The third-order valence-electron chi connectivity index (χ3n) is 2.71. The van der Waals surface area contributed by atoms with Crippen LogP contribution < -0.4 is 4.18 Å². The smallest absolute Gasteiger partial charge is 0.342 e. The van der Waals surface area contributed by atoms with Gasteiger partial charge in [0.15, 0.2) is 5.75 Å². The number of benzene rings is 1. The minimum absolute atomic E-state index is 0.0781. The van der Waals surface area contributed by atoms with Crippen LogP contribution in [0.25, 0.3) is 11.0 Å². The van der Waals surface area contributed by atoms with Gasteiger partial charge in [-0.1, -0.05) is 0 Å². The fourth-order valence-electron chi connectivity index (χ4n) is 1.97. The molecule has 0 fully saturated rings. The summed E-state index contributed by atoms with van der Waals surface area (Å²) in [5, 5.41) is 0.435. The van der Waals surface area contributed by atoms with E-state index in [1.54, 1.807) is 26.8 Å². The number of carbonyl (C=O) groups excluding carboxylic acids is 1. The highest BCUT2D eigenvalue weighted by Gasteiger charge is 2.23. The van der Waals surface area contributed by atoms with Crippen molar-refractivity contribution in [3.8, 4) is 5.75 Å². The molecule has 0 aliphatic heterocycles. The van der Waals surface area contributed by atoms with Crippen LogP contribution in [0.3, 0.4) is 0 Å². The van der Waals surface area contributed by atoms with Crippen LogP contribution in [-0.2, 0) is 14.9 Å². The average Bonchev–Trinajstić information content (AvgIpc) is 2.62. The van der Waals surface area contributed by atoms with Crippen LogP contribution in [0.1, 0.15) is 30.0 Å². The van der Waals surface area contributed by atoms with Crippen LogP contribution >= 0.6 is 15.9 Å². The maximum atomic E-state index is 12.2. The van der Waals surface area contributed by atoms with Crippen molar-refractivity contribution >= 4 is 43.0 Å². The van der Waals surface area contributed by atoms with E-state index in [4.69, 9.17) is 13.3 Å². The van der Waals surface area contributed by atoms with Crippen LogP contribution in [0.5, 0.6) is 5.75 Å². The summed E-state index contributed by atoms with van der Waals surface area (Å²) < 4.78 is 38.6. The summed E-state index contributed by atoms with van der Waals surface area (Å²) in [6, 6.07) is 2.99.